The number of nitrogens with zero attached hydrogens (tertiary/aromatic N) is 1. The zero-order valence-electron chi connectivity index (χ0n) is 12.0. The van der Waals surface area contributed by atoms with E-state index in [0.29, 0.717) is 11.6 Å². The van der Waals surface area contributed by atoms with Gasteiger partial charge in [0.05, 0.1) is 12.7 Å². The largest absolute Gasteiger partial charge is 0.465 e. The Balaban J connectivity index is 1.65. The molecule has 2 saturated heterocycles. The number of ether oxygens (including phenoxy) is 1. The second kappa shape index (κ2) is 5.94. The number of esters is 1. The van der Waals surface area contributed by atoms with E-state index in [0.717, 1.165) is 25.6 Å². The predicted octanol–water partition coefficient (Wildman–Crippen LogP) is 1.66. The summed E-state index contributed by atoms with van der Waals surface area (Å²) in [7, 11) is 1.42. The van der Waals surface area contributed by atoms with E-state index in [-0.39, 0.29) is 5.97 Å². The molecule has 0 unspecified atom stereocenters. The number of nitrogens with one attached hydrogen (secondary N) is 1. The molecule has 2 atom stereocenters. The van der Waals surface area contributed by atoms with E-state index >= 15 is 0 Å². The van der Waals surface area contributed by atoms with Crippen LogP contribution in [0.1, 0.15) is 28.8 Å². The van der Waals surface area contributed by atoms with Crippen LogP contribution >= 0.6 is 0 Å². The van der Waals surface area contributed by atoms with Gasteiger partial charge in [0.15, 0.2) is 0 Å². The van der Waals surface area contributed by atoms with Gasteiger partial charge in [-0.1, -0.05) is 12.1 Å². The van der Waals surface area contributed by atoms with Crippen molar-refractivity contribution >= 4 is 5.97 Å². The van der Waals surface area contributed by atoms with Crippen molar-refractivity contribution in [2.45, 2.75) is 25.4 Å². The van der Waals surface area contributed by atoms with Gasteiger partial charge in [-0.05, 0) is 43.0 Å². The molecule has 2 aliphatic heterocycles. The lowest BCUT2D eigenvalue weighted by Crippen LogP contribution is -2.40. The van der Waals surface area contributed by atoms with Gasteiger partial charge in [0, 0.05) is 25.7 Å². The highest BCUT2D eigenvalue weighted by molar-refractivity contribution is 5.89. The number of rotatable bonds is 3. The van der Waals surface area contributed by atoms with Gasteiger partial charge < -0.3 is 10.1 Å². The van der Waals surface area contributed by atoms with Crippen molar-refractivity contribution in [3.8, 4) is 0 Å². The first-order valence-electron chi connectivity index (χ1n) is 7.39. The highest BCUT2D eigenvalue weighted by Gasteiger charge is 2.33. The van der Waals surface area contributed by atoms with E-state index in [4.69, 9.17) is 4.74 Å². The zero-order chi connectivity index (χ0) is 13.9. The first-order valence-corrected chi connectivity index (χ1v) is 7.39. The first kappa shape index (κ1) is 13.6. The second-order valence-electron chi connectivity index (χ2n) is 5.85. The smallest absolute Gasteiger partial charge is 0.337 e. The fraction of sp³-hybridized carbons (Fsp3) is 0.562. The van der Waals surface area contributed by atoms with Crippen LogP contribution in [0.2, 0.25) is 0 Å². The maximum Gasteiger partial charge on any atom is 0.337 e. The molecule has 0 saturated carbocycles. The standard InChI is InChI=1S/C16H22N2O2/c1-20-16(19)13-5-2-4-12(8-13)9-18-10-14-6-3-7-17-15(14)11-18/h2,4-5,8,14-15,17H,3,6-7,9-11H2,1H3/t14-,15+/m0/s1. The molecule has 0 radical (unpaired) electrons. The van der Waals surface area contributed by atoms with E-state index < -0.39 is 0 Å². The van der Waals surface area contributed by atoms with E-state index in [1.807, 2.05) is 12.1 Å². The Morgan fingerprint density at radius 3 is 3.15 bits per heavy atom. The second-order valence-corrected chi connectivity index (χ2v) is 5.85. The SMILES string of the molecule is COC(=O)c1cccc(CN2C[C@@H]3CCCN[C@@H]3C2)c1. The molecule has 2 aliphatic rings. The maximum atomic E-state index is 11.6. The third kappa shape index (κ3) is 2.86. The summed E-state index contributed by atoms with van der Waals surface area (Å²) in [4.78, 5) is 14.1. The number of likely N-dealkylation sites (tertiary alicyclic amines) is 1. The summed E-state index contributed by atoms with van der Waals surface area (Å²) in [6.45, 7) is 4.36. The van der Waals surface area contributed by atoms with Crippen LogP contribution in [-0.2, 0) is 11.3 Å². The molecule has 0 bridgehead atoms. The number of carbonyl (C=O) groups is 1. The summed E-state index contributed by atoms with van der Waals surface area (Å²) in [5.74, 6) is 0.538. The molecule has 4 nitrogen and oxygen atoms in total. The molecular formula is C16H22N2O2. The Bertz CT molecular complexity index is 475. The molecule has 0 aliphatic carbocycles. The van der Waals surface area contributed by atoms with Crippen LogP contribution < -0.4 is 5.32 Å². The van der Waals surface area contributed by atoms with Crippen molar-refractivity contribution in [2.24, 2.45) is 5.92 Å². The Labute approximate surface area is 120 Å². The molecule has 20 heavy (non-hydrogen) atoms. The van der Waals surface area contributed by atoms with Crippen LogP contribution in [0, 0.1) is 5.92 Å². The van der Waals surface area contributed by atoms with Crippen LogP contribution in [0.25, 0.3) is 0 Å². The van der Waals surface area contributed by atoms with E-state index in [9.17, 15) is 4.79 Å². The summed E-state index contributed by atoms with van der Waals surface area (Å²) < 4.78 is 4.78. The van der Waals surface area contributed by atoms with Gasteiger partial charge >= 0.3 is 5.97 Å². The number of carbonyl (C=O) groups excluding carboxylic acids is 1. The normalized spacial score (nSPS) is 26.2. The lowest BCUT2D eigenvalue weighted by atomic mass is 9.94. The minimum Gasteiger partial charge on any atom is -0.465 e. The third-order valence-corrected chi connectivity index (χ3v) is 4.43. The molecule has 0 amide bonds. The summed E-state index contributed by atoms with van der Waals surface area (Å²) in [6, 6.07) is 8.43. The maximum absolute atomic E-state index is 11.6. The molecule has 2 heterocycles. The monoisotopic (exact) mass is 274 g/mol. The molecule has 1 aromatic carbocycles. The van der Waals surface area contributed by atoms with Crippen LogP contribution in [0.4, 0.5) is 0 Å². The van der Waals surface area contributed by atoms with Gasteiger partial charge in [0.25, 0.3) is 0 Å². The Hall–Kier alpha value is -1.39. The fourth-order valence-electron chi connectivity index (χ4n) is 3.44. The van der Waals surface area contributed by atoms with Crippen LogP contribution in [0.3, 0.4) is 0 Å². The van der Waals surface area contributed by atoms with Gasteiger partial charge in [-0.3, -0.25) is 4.90 Å². The van der Waals surface area contributed by atoms with Crippen molar-refractivity contribution in [1.82, 2.24) is 10.2 Å². The Morgan fingerprint density at radius 2 is 2.35 bits per heavy atom. The average molecular weight is 274 g/mol. The van der Waals surface area contributed by atoms with Crippen molar-refractivity contribution in [1.29, 1.82) is 0 Å². The number of piperidine rings is 1. The predicted molar refractivity (Wildman–Crippen MR) is 77.6 cm³/mol. The number of hydrogen-bond donors (Lipinski definition) is 1. The number of hydrogen-bond acceptors (Lipinski definition) is 4. The van der Waals surface area contributed by atoms with Gasteiger partial charge in [-0.15, -0.1) is 0 Å². The zero-order valence-corrected chi connectivity index (χ0v) is 12.0. The van der Waals surface area contributed by atoms with Crippen molar-refractivity contribution in [3.05, 3.63) is 35.4 Å². The molecule has 3 rings (SSSR count). The number of benzene rings is 1. The lowest BCUT2D eigenvalue weighted by Gasteiger charge is -2.24. The fourth-order valence-corrected chi connectivity index (χ4v) is 3.44. The third-order valence-electron chi connectivity index (χ3n) is 4.43. The van der Waals surface area contributed by atoms with E-state index in [1.54, 1.807) is 6.07 Å². The topological polar surface area (TPSA) is 41.6 Å². The van der Waals surface area contributed by atoms with E-state index in [1.165, 1.54) is 32.1 Å². The Kier molecular flexibility index (Phi) is 4.03. The molecule has 1 N–H and O–H groups in total. The molecule has 2 fully saturated rings. The summed E-state index contributed by atoms with van der Waals surface area (Å²) in [5, 5.41) is 3.62. The first-order chi connectivity index (χ1) is 9.76. The van der Waals surface area contributed by atoms with Crippen LogP contribution in [0.15, 0.2) is 24.3 Å². The van der Waals surface area contributed by atoms with E-state index in [2.05, 4.69) is 16.3 Å². The summed E-state index contributed by atoms with van der Waals surface area (Å²) in [5.41, 5.74) is 1.83. The molecule has 1 aromatic rings. The van der Waals surface area contributed by atoms with Crippen molar-refractivity contribution in [2.75, 3.05) is 26.7 Å². The molecule has 4 heteroatoms. The van der Waals surface area contributed by atoms with Crippen molar-refractivity contribution < 1.29 is 9.53 Å². The highest BCUT2D eigenvalue weighted by atomic mass is 16.5. The quantitative estimate of drug-likeness (QED) is 0.851. The van der Waals surface area contributed by atoms with Gasteiger partial charge in [0.2, 0.25) is 0 Å². The van der Waals surface area contributed by atoms with Gasteiger partial charge in [0.1, 0.15) is 0 Å². The average Bonchev–Trinajstić information content (AvgIpc) is 2.88. The summed E-state index contributed by atoms with van der Waals surface area (Å²) in [6.07, 6.45) is 2.64. The van der Waals surface area contributed by atoms with Gasteiger partial charge in [-0.2, -0.15) is 0 Å². The molecule has 0 spiro atoms. The minimum absolute atomic E-state index is 0.261. The highest BCUT2D eigenvalue weighted by Crippen LogP contribution is 2.26. The summed E-state index contributed by atoms with van der Waals surface area (Å²) >= 11 is 0. The lowest BCUT2D eigenvalue weighted by molar-refractivity contribution is 0.0600. The van der Waals surface area contributed by atoms with Crippen molar-refractivity contribution in [3.63, 3.8) is 0 Å². The molecule has 0 aromatic heterocycles. The van der Waals surface area contributed by atoms with Gasteiger partial charge in [-0.25, -0.2) is 4.79 Å². The minimum atomic E-state index is -0.261. The number of fused-ring (bicyclic) bond motifs is 1. The molecule has 108 valence electrons. The van der Waals surface area contributed by atoms with Crippen LogP contribution in [0.5, 0.6) is 0 Å². The Morgan fingerprint density at radius 1 is 1.45 bits per heavy atom. The molecular weight excluding hydrogens is 252 g/mol. The number of methoxy groups -OCH3 is 1. The van der Waals surface area contributed by atoms with Crippen LogP contribution in [-0.4, -0.2) is 43.7 Å².